The van der Waals surface area contributed by atoms with Gasteiger partial charge in [0.05, 0.1) is 23.0 Å². The molecule has 15 heavy (non-hydrogen) atoms. The highest BCUT2D eigenvalue weighted by atomic mass is 32.2. The van der Waals surface area contributed by atoms with E-state index in [9.17, 15) is 18.4 Å². The van der Waals surface area contributed by atoms with Crippen molar-refractivity contribution in [2.75, 3.05) is 6.61 Å². The summed E-state index contributed by atoms with van der Waals surface area (Å²) >= 11 is -2.81. The van der Waals surface area contributed by atoms with Crippen LogP contribution in [0.3, 0.4) is 0 Å². The number of primary amides is 1. The van der Waals surface area contributed by atoms with Crippen LogP contribution >= 0.6 is 0 Å². The molecule has 0 aliphatic heterocycles. The number of carbonyl (C=O) groups excluding carboxylic acids is 2. The maximum Gasteiger partial charge on any atom is 0.226 e. The van der Waals surface area contributed by atoms with E-state index in [1.807, 2.05) is 0 Å². The lowest BCUT2D eigenvalue weighted by Gasteiger charge is -2.11. The van der Waals surface area contributed by atoms with E-state index >= 15 is 0 Å². The van der Waals surface area contributed by atoms with E-state index in [4.69, 9.17) is 11.1 Å². The molecule has 0 aromatic carbocycles. The van der Waals surface area contributed by atoms with Crippen LogP contribution in [0.2, 0.25) is 0 Å². The van der Waals surface area contributed by atoms with Crippen molar-refractivity contribution in [2.24, 2.45) is 11.7 Å². The minimum absolute atomic E-state index is 0.209. The molecule has 8 heteroatoms. The van der Waals surface area contributed by atoms with Crippen molar-refractivity contribution in [3.8, 4) is 0 Å². The van der Waals surface area contributed by atoms with Crippen molar-refractivity contribution < 1.29 is 22.5 Å². The normalized spacial score (nSPS) is 14.3. The molecule has 0 aromatic rings. The van der Waals surface area contributed by atoms with Gasteiger partial charge in [0.1, 0.15) is 6.61 Å². The zero-order valence-electron chi connectivity index (χ0n) is 8.02. The topological polar surface area (TPSA) is 133 Å². The van der Waals surface area contributed by atoms with Crippen LogP contribution in [0.1, 0.15) is 13.3 Å². The maximum atomic E-state index is 11.1. The number of carbonyl (C=O) groups is 2. The number of nitrogens with two attached hydrogens (primary N) is 1. The second-order valence-corrected chi connectivity index (χ2v) is 3.31. The Morgan fingerprint density at radius 2 is 2.13 bits per heavy atom. The molecule has 3 N–H and O–H groups in total. The van der Waals surface area contributed by atoms with Gasteiger partial charge in [-0.1, -0.05) is 6.92 Å². The lowest BCUT2D eigenvalue weighted by atomic mass is 9.97. The van der Waals surface area contributed by atoms with Gasteiger partial charge in [0.2, 0.25) is 11.7 Å². The molecule has 2 unspecified atom stereocenters. The summed E-state index contributed by atoms with van der Waals surface area (Å²) in [5.41, 5.74) is 4.42. The molecule has 0 aromatic heterocycles. The van der Waals surface area contributed by atoms with E-state index in [0.717, 1.165) is 0 Å². The Labute approximate surface area is 89.0 Å². The second kappa shape index (κ2) is 6.38. The van der Waals surface area contributed by atoms with Gasteiger partial charge in [0.15, 0.2) is 0 Å². The van der Waals surface area contributed by atoms with Crippen molar-refractivity contribution in [1.29, 1.82) is 5.41 Å². The summed E-state index contributed by atoms with van der Waals surface area (Å²) < 4.78 is 23.9. The van der Waals surface area contributed by atoms with Crippen LogP contribution in [0.5, 0.6) is 0 Å². The average Bonchev–Trinajstić information content (AvgIpc) is 2.14. The monoisotopic (exact) mass is 235 g/mol. The highest BCUT2D eigenvalue weighted by Crippen LogP contribution is 2.04. The maximum absolute atomic E-state index is 11.1. The number of hydrogen-bond donors (Lipinski definition) is 2. The van der Waals surface area contributed by atoms with Crippen LogP contribution in [0.15, 0.2) is 0 Å². The van der Waals surface area contributed by atoms with Gasteiger partial charge < -0.3 is 15.7 Å². The van der Waals surface area contributed by atoms with E-state index in [1.54, 1.807) is 6.92 Å². The van der Waals surface area contributed by atoms with Gasteiger partial charge in [-0.05, 0) is 6.42 Å². The van der Waals surface area contributed by atoms with Crippen molar-refractivity contribution in [3.63, 3.8) is 0 Å². The molecule has 1 amide bonds. The standard InChI is InChI=1S/C7H12N2O5S/c1-2-4(7(9)11)6(8)5(10)3-14-15(12)13/h4,8H,2-3H2,1H3,(H2,9,11)(H,12,13)/p-1. The van der Waals surface area contributed by atoms with Crippen molar-refractivity contribution in [3.05, 3.63) is 0 Å². The van der Waals surface area contributed by atoms with Crippen LogP contribution in [0.25, 0.3) is 0 Å². The Morgan fingerprint density at radius 1 is 1.60 bits per heavy atom. The van der Waals surface area contributed by atoms with Crippen LogP contribution in [-0.4, -0.2) is 32.8 Å². The van der Waals surface area contributed by atoms with Crippen LogP contribution in [-0.2, 0) is 25.1 Å². The van der Waals surface area contributed by atoms with E-state index in [0.29, 0.717) is 0 Å². The molecule has 86 valence electrons. The minimum atomic E-state index is -2.81. The summed E-state index contributed by atoms with van der Waals surface area (Å²) in [6.45, 7) is 0.808. The molecule has 0 saturated heterocycles. The number of ketones is 1. The lowest BCUT2D eigenvalue weighted by molar-refractivity contribution is -0.121. The first kappa shape index (κ1) is 13.9. The fourth-order valence-electron chi connectivity index (χ4n) is 0.921. The lowest BCUT2D eigenvalue weighted by Crippen LogP contribution is -2.35. The van der Waals surface area contributed by atoms with E-state index in [1.165, 1.54) is 0 Å². The summed E-state index contributed by atoms with van der Waals surface area (Å²) in [7, 11) is 0. The molecular weight excluding hydrogens is 224 g/mol. The first-order valence-electron chi connectivity index (χ1n) is 4.03. The van der Waals surface area contributed by atoms with Crippen molar-refractivity contribution in [2.45, 2.75) is 13.3 Å². The van der Waals surface area contributed by atoms with Gasteiger partial charge in [-0.15, -0.1) is 0 Å². The molecule has 0 rings (SSSR count). The molecule has 0 heterocycles. The molecule has 0 aliphatic carbocycles. The second-order valence-electron chi connectivity index (χ2n) is 2.67. The van der Waals surface area contributed by atoms with Gasteiger partial charge in [0, 0.05) is 0 Å². The zero-order valence-corrected chi connectivity index (χ0v) is 8.83. The predicted octanol–water partition coefficient (Wildman–Crippen LogP) is -1.10. The van der Waals surface area contributed by atoms with Crippen LogP contribution < -0.4 is 5.73 Å². The number of Topliss-reactive ketones (excluding diaryl/α,β-unsaturated/α-hetero) is 1. The Balaban J connectivity index is 4.36. The molecule has 0 radical (unpaired) electrons. The summed E-state index contributed by atoms with van der Waals surface area (Å²) in [4.78, 5) is 21.9. The van der Waals surface area contributed by atoms with Gasteiger partial charge in [-0.25, -0.2) is 4.21 Å². The number of nitrogens with one attached hydrogen (secondary N) is 1. The van der Waals surface area contributed by atoms with Crippen LogP contribution in [0, 0.1) is 11.3 Å². The van der Waals surface area contributed by atoms with Gasteiger partial charge in [0.25, 0.3) is 0 Å². The highest BCUT2D eigenvalue weighted by Gasteiger charge is 2.24. The fraction of sp³-hybridized carbons (Fsp3) is 0.571. The summed E-state index contributed by atoms with van der Waals surface area (Å²) in [6, 6.07) is 0. The van der Waals surface area contributed by atoms with Crippen LogP contribution in [0.4, 0.5) is 0 Å². The average molecular weight is 235 g/mol. The quantitative estimate of drug-likeness (QED) is 0.426. The summed E-state index contributed by atoms with van der Waals surface area (Å²) in [6.07, 6.45) is 0.209. The molecule has 0 aliphatic rings. The molecule has 7 nitrogen and oxygen atoms in total. The summed E-state index contributed by atoms with van der Waals surface area (Å²) in [5.74, 6) is -2.66. The smallest absolute Gasteiger partial charge is 0.226 e. The zero-order chi connectivity index (χ0) is 12.0. The Hall–Kier alpha value is -1.12. The third-order valence-corrected chi connectivity index (χ3v) is 2.00. The van der Waals surface area contributed by atoms with E-state index in [-0.39, 0.29) is 6.42 Å². The Morgan fingerprint density at radius 3 is 2.47 bits per heavy atom. The molecule has 0 saturated carbocycles. The Kier molecular flexibility index (Phi) is 5.90. The highest BCUT2D eigenvalue weighted by molar-refractivity contribution is 7.74. The fourth-order valence-corrected chi connectivity index (χ4v) is 1.12. The van der Waals surface area contributed by atoms with Gasteiger partial charge in [-0.2, -0.15) is 0 Å². The first-order chi connectivity index (χ1) is 6.90. The molecule has 0 bridgehead atoms. The molecule has 2 atom stereocenters. The Bertz CT molecular complexity index is 304. The van der Waals surface area contributed by atoms with Gasteiger partial charge >= 0.3 is 0 Å². The van der Waals surface area contributed by atoms with Crippen molar-refractivity contribution >= 4 is 28.8 Å². The third kappa shape index (κ3) is 4.77. The largest absolute Gasteiger partial charge is 0.750 e. The third-order valence-electron chi connectivity index (χ3n) is 1.69. The van der Waals surface area contributed by atoms with Gasteiger partial charge in [-0.3, -0.25) is 13.8 Å². The first-order valence-corrected chi connectivity index (χ1v) is 5.03. The number of rotatable bonds is 7. The molecule has 0 fully saturated rings. The summed E-state index contributed by atoms with van der Waals surface area (Å²) in [5, 5.41) is 7.30. The van der Waals surface area contributed by atoms with Crippen molar-refractivity contribution in [1.82, 2.24) is 0 Å². The van der Waals surface area contributed by atoms with E-state index < -0.39 is 41.3 Å². The minimum Gasteiger partial charge on any atom is -0.750 e. The predicted molar refractivity (Wildman–Crippen MR) is 50.6 cm³/mol. The number of amides is 1. The SMILES string of the molecule is CCC(C(=N)C(=O)COS(=O)[O-])C(N)=O. The van der Waals surface area contributed by atoms with E-state index in [2.05, 4.69) is 4.18 Å². The molecule has 0 spiro atoms. The number of hydrogen-bond acceptors (Lipinski definition) is 6. The molecular formula is C7H11N2O5S-.